The van der Waals surface area contributed by atoms with Gasteiger partial charge >= 0.3 is 0 Å². The quantitative estimate of drug-likeness (QED) is 0.612. The van der Waals surface area contributed by atoms with E-state index < -0.39 is 0 Å². The molecule has 0 saturated carbocycles. The average Bonchev–Trinajstić information content (AvgIpc) is 2.25. The number of nitrogens with zero attached hydrogens (tertiary/aromatic N) is 1. The van der Waals surface area contributed by atoms with Crippen LogP contribution in [0.25, 0.3) is 0 Å². The summed E-state index contributed by atoms with van der Waals surface area (Å²) in [7, 11) is 1.93. The van der Waals surface area contributed by atoms with Gasteiger partial charge in [-0.1, -0.05) is 6.92 Å². The molecule has 4 nitrogen and oxygen atoms in total. The molecule has 1 fully saturated rings. The van der Waals surface area contributed by atoms with E-state index in [1.807, 2.05) is 7.05 Å². The molecule has 4 heteroatoms. The van der Waals surface area contributed by atoms with Gasteiger partial charge in [-0.15, -0.1) is 0 Å². The summed E-state index contributed by atoms with van der Waals surface area (Å²) in [6.07, 6.45) is 0.264. The Bertz CT molecular complexity index is 144. The van der Waals surface area contributed by atoms with Gasteiger partial charge in [0, 0.05) is 19.6 Å². The maximum absolute atomic E-state index is 5.60. The highest BCUT2D eigenvalue weighted by Gasteiger charge is 2.18. The minimum absolute atomic E-state index is 0.264. The maximum atomic E-state index is 5.60. The molecule has 0 spiro atoms. The van der Waals surface area contributed by atoms with Crippen molar-refractivity contribution in [1.82, 2.24) is 10.2 Å². The number of morpholine rings is 1. The van der Waals surface area contributed by atoms with Crippen molar-refractivity contribution in [3.63, 3.8) is 0 Å². The molecule has 0 aromatic carbocycles. The molecule has 0 radical (unpaired) electrons. The van der Waals surface area contributed by atoms with Crippen molar-refractivity contribution in [3.05, 3.63) is 0 Å². The Morgan fingerprint density at radius 2 is 2.43 bits per heavy atom. The van der Waals surface area contributed by atoms with Gasteiger partial charge in [0.05, 0.1) is 25.9 Å². The monoisotopic (exact) mass is 202 g/mol. The molecule has 0 aliphatic carbocycles. The minimum Gasteiger partial charge on any atom is -0.377 e. The number of nitrogens with one attached hydrogen (secondary N) is 1. The van der Waals surface area contributed by atoms with Crippen LogP contribution in [0.1, 0.15) is 6.92 Å². The number of rotatable bonds is 6. The third-order valence-electron chi connectivity index (χ3n) is 2.47. The van der Waals surface area contributed by atoms with Gasteiger partial charge in [0.15, 0.2) is 0 Å². The lowest BCUT2D eigenvalue weighted by molar-refractivity contribution is -0.0672. The van der Waals surface area contributed by atoms with Crippen LogP contribution in [0.15, 0.2) is 0 Å². The fourth-order valence-corrected chi connectivity index (χ4v) is 1.56. The van der Waals surface area contributed by atoms with Gasteiger partial charge < -0.3 is 14.8 Å². The van der Waals surface area contributed by atoms with Crippen LogP contribution in [0, 0.1) is 0 Å². The van der Waals surface area contributed by atoms with Crippen LogP contribution in [0.2, 0.25) is 0 Å². The molecule has 1 N–H and O–H groups in total. The highest BCUT2D eigenvalue weighted by atomic mass is 16.5. The maximum Gasteiger partial charge on any atom is 0.0935 e. The van der Waals surface area contributed by atoms with E-state index in [-0.39, 0.29) is 6.10 Å². The summed E-state index contributed by atoms with van der Waals surface area (Å²) in [5, 5.41) is 3.05. The second kappa shape index (κ2) is 7.17. The van der Waals surface area contributed by atoms with E-state index in [1.54, 1.807) is 0 Å². The summed E-state index contributed by atoms with van der Waals surface area (Å²) in [5.41, 5.74) is 0. The molecule has 1 rings (SSSR count). The molecular formula is C10H22N2O2. The average molecular weight is 202 g/mol. The Labute approximate surface area is 86.6 Å². The first-order valence-electron chi connectivity index (χ1n) is 5.43. The third kappa shape index (κ3) is 4.37. The molecule has 0 aromatic heterocycles. The molecule has 1 aliphatic heterocycles. The SMILES string of the molecule is CCN1CCOC(COCCNC)C1. The highest BCUT2D eigenvalue weighted by Crippen LogP contribution is 2.04. The van der Waals surface area contributed by atoms with Gasteiger partial charge in [-0.25, -0.2) is 0 Å². The van der Waals surface area contributed by atoms with Gasteiger partial charge in [0.25, 0.3) is 0 Å². The van der Waals surface area contributed by atoms with E-state index in [0.717, 1.165) is 46.0 Å². The Morgan fingerprint density at radius 1 is 1.57 bits per heavy atom. The molecule has 1 unspecified atom stereocenters. The van der Waals surface area contributed by atoms with Gasteiger partial charge in [-0.05, 0) is 13.6 Å². The Kier molecular flexibility index (Phi) is 6.10. The summed E-state index contributed by atoms with van der Waals surface area (Å²) < 4.78 is 11.1. The van der Waals surface area contributed by atoms with Gasteiger partial charge in [0.2, 0.25) is 0 Å². The van der Waals surface area contributed by atoms with Crippen molar-refractivity contribution in [3.8, 4) is 0 Å². The van der Waals surface area contributed by atoms with Crippen LogP contribution < -0.4 is 5.32 Å². The van der Waals surface area contributed by atoms with Crippen molar-refractivity contribution in [1.29, 1.82) is 0 Å². The van der Waals surface area contributed by atoms with Crippen LogP contribution >= 0.6 is 0 Å². The predicted molar refractivity (Wildman–Crippen MR) is 56.6 cm³/mol. The minimum atomic E-state index is 0.264. The molecule has 0 bridgehead atoms. The normalized spacial score (nSPS) is 24.0. The summed E-state index contributed by atoms with van der Waals surface area (Å²) in [6.45, 7) is 8.60. The largest absolute Gasteiger partial charge is 0.377 e. The smallest absolute Gasteiger partial charge is 0.0935 e. The summed E-state index contributed by atoms with van der Waals surface area (Å²) in [5.74, 6) is 0. The van der Waals surface area contributed by atoms with Gasteiger partial charge in [0.1, 0.15) is 0 Å². The predicted octanol–water partition coefficient (Wildman–Crippen LogP) is -0.0569. The van der Waals surface area contributed by atoms with Crippen LogP contribution in [0.4, 0.5) is 0 Å². The zero-order chi connectivity index (χ0) is 10.2. The Hall–Kier alpha value is -0.160. The summed E-state index contributed by atoms with van der Waals surface area (Å²) >= 11 is 0. The van der Waals surface area contributed by atoms with Crippen molar-refractivity contribution < 1.29 is 9.47 Å². The zero-order valence-corrected chi connectivity index (χ0v) is 9.29. The van der Waals surface area contributed by atoms with Crippen LogP contribution in [0.5, 0.6) is 0 Å². The molecular weight excluding hydrogens is 180 g/mol. The highest BCUT2D eigenvalue weighted by molar-refractivity contribution is 4.69. The Balaban J connectivity index is 2.05. The third-order valence-corrected chi connectivity index (χ3v) is 2.47. The molecule has 1 atom stereocenters. The summed E-state index contributed by atoms with van der Waals surface area (Å²) in [6, 6.07) is 0. The molecule has 14 heavy (non-hydrogen) atoms. The van der Waals surface area contributed by atoms with E-state index in [4.69, 9.17) is 9.47 Å². The number of hydrogen-bond acceptors (Lipinski definition) is 4. The van der Waals surface area contributed by atoms with Crippen LogP contribution in [-0.2, 0) is 9.47 Å². The van der Waals surface area contributed by atoms with E-state index in [2.05, 4.69) is 17.1 Å². The standard InChI is InChI=1S/C10H22N2O2/c1-3-12-5-7-14-10(8-12)9-13-6-4-11-2/h10-11H,3-9H2,1-2H3. The fraction of sp³-hybridized carbons (Fsp3) is 1.00. The van der Waals surface area contributed by atoms with E-state index in [1.165, 1.54) is 0 Å². The number of ether oxygens (including phenoxy) is 2. The lowest BCUT2D eigenvalue weighted by Crippen LogP contribution is -2.44. The first kappa shape index (κ1) is 11.9. The van der Waals surface area contributed by atoms with Crippen LogP contribution in [-0.4, -0.2) is 64.1 Å². The lowest BCUT2D eigenvalue weighted by atomic mass is 10.3. The van der Waals surface area contributed by atoms with Crippen molar-refractivity contribution in [2.75, 3.05) is 53.0 Å². The molecule has 1 aliphatic rings. The van der Waals surface area contributed by atoms with Crippen LogP contribution in [0.3, 0.4) is 0 Å². The van der Waals surface area contributed by atoms with Gasteiger partial charge in [-0.3, -0.25) is 4.90 Å². The van der Waals surface area contributed by atoms with E-state index >= 15 is 0 Å². The summed E-state index contributed by atoms with van der Waals surface area (Å²) in [4.78, 5) is 2.40. The number of likely N-dealkylation sites (N-methyl/N-ethyl adjacent to an activating group) is 2. The van der Waals surface area contributed by atoms with Gasteiger partial charge in [-0.2, -0.15) is 0 Å². The second-order valence-corrected chi connectivity index (χ2v) is 3.56. The molecule has 0 amide bonds. The first-order chi connectivity index (χ1) is 6.86. The number of hydrogen-bond donors (Lipinski definition) is 1. The molecule has 1 heterocycles. The molecule has 1 saturated heterocycles. The zero-order valence-electron chi connectivity index (χ0n) is 9.29. The van der Waals surface area contributed by atoms with E-state index in [0.29, 0.717) is 0 Å². The fourth-order valence-electron chi connectivity index (χ4n) is 1.56. The van der Waals surface area contributed by atoms with Crippen molar-refractivity contribution in [2.24, 2.45) is 0 Å². The second-order valence-electron chi connectivity index (χ2n) is 3.56. The molecule has 0 aromatic rings. The van der Waals surface area contributed by atoms with Crippen molar-refractivity contribution in [2.45, 2.75) is 13.0 Å². The van der Waals surface area contributed by atoms with Crippen molar-refractivity contribution >= 4 is 0 Å². The topological polar surface area (TPSA) is 33.7 Å². The lowest BCUT2D eigenvalue weighted by Gasteiger charge is -2.31. The molecule has 84 valence electrons. The first-order valence-corrected chi connectivity index (χ1v) is 5.43. The van der Waals surface area contributed by atoms with E-state index in [9.17, 15) is 0 Å². The Morgan fingerprint density at radius 3 is 3.14 bits per heavy atom.